The molecule has 0 saturated carbocycles. The average molecular weight is 317 g/mol. The summed E-state index contributed by atoms with van der Waals surface area (Å²) in [6.07, 6.45) is 1.68. The van der Waals surface area contributed by atoms with E-state index in [4.69, 9.17) is 4.74 Å². The normalized spacial score (nSPS) is 23.2. The lowest BCUT2D eigenvalue weighted by Gasteiger charge is -2.32. The zero-order chi connectivity index (χ0) is 16.1. The van der Waals surface area contributed by atoms with Crippen molar-refractivity contribution in [3.05, 3.63) is 30.3 Å². The number of hydrogen-bond acceptors (Lipinski definition) is 4. The Kier molecular flexibility index (Phi) is 5.51. The van der Waals surface area contributed by atoms with E-state index < -0.39 is 0 Å². The highest BCUT2D eigenvalue weighted by Gasteiger charge is 2.27. The summed E-state index contributed by atoms with van der Waals surface area (Å²) in [6.45, 7) is 6.77. The first-order valence-corrected chi connectivity index (χ1v) is 8.61. The van der Waals surface area contributed by atoms with Crippen LogP contribution in [0.3, 0.4) is 0 Å². The Balaban J connectivity index is 1.39. The van der Waals surface area contributed by atoms with E-state index in [9.17, 15) is 4.79 Å². The molecule has 2 fully saturated rings. The number of carbonyl (C=O) groups excluding carboxylic acids is 1. The number of para-hydroxylation sites is 1. The molecule has 2 heterocycles. The molecule has 1 amide bonds. The molecule has 1 aromatic carbocycles. The van der Waals surface area contributed by atoms with Gasteiger partial charge >= 0.3 is 0 Å². The number of piperazine rings is 1. The average Bonchev–Trinajstić information content (AvgIpc) is 3.03. The Hall–Kier alpha value is -1.59. The van der Waals surface area contributed by atoms with Crippen LogP contribution in [0.5, 0.6) is 5.75 Å². The van der Waals surface area contributed by atoms with Gasteiger partial charge in [-0.2, -0.15) is 0 Å². The van der Waals surface area contributed by atoms with Gasteiger partial charge in [-0.15, -0.1) is 0 Å². The quantitative estimate of drug-likeness (QED) is 0.820. The maximum atomic E-state index is 12.4. The van der Waals surface area contributed by atoms with Gasteiger partial charge in [-0.25, -0.2) is 0 Å². The maximum absolute atomic E-state index is 12.4. The molecule has 0 aliphatic carbocycles. The van der Waals surface area contributed by atoms with E-state index in [0.29, 0.717) is 6.42 Å². The zero-order valence-corrected chi connectivity index (χ0v) is 14.0. The summed E-state index contributed by atoms with van der Waals surface area (Å²) in [5.74, 6) is 1.16. The van der Waals surface area contributed by atoms with Crippen LogP contribution in [0.15, 0.2) is 30.3 Å². The molecule has 126 valence electrons. The molecule has 1 aromatic rings. The number of hydrogen-bond donors (Lipinski definition) is 0. The predicted octanol–water partition coefficient (Wildman–Crippen LogP) is 1.30. The molecule has 0 spiro atoms. The van der Waals surface area contributed by atoms with Crippen molar-refractivity contribution in [2.24, 2.45) is 0 Å². The molecule has 0 aromatic heterocycles. The molecule has 2 aliphatic rings. The highest BCUT2D eigenvalue weighted by atomic mass is 16.5. The van der Waals surface area contributed by atoms with E-state index in [1.807, 2.05) is 35.2 Å². The highest BCUT2D eigenvalue weighted by Crippen LogP contribution is 2.18. The van der Waals surface area contributed by atoms with Gasteiger partial charge in [-0.1, -0.05) is 18.2 Å². The summed E-state index contributed by atoms with van der Waals surface area (Å²) < 4.78 is 5.95. The number of rotatable bonds is 5. The van der Waals surface area contributed by atoms with E-state index >= 15 is 0 Å². The zero-order valence-electron chi connectivity index (χ0n) is 14.0. The molecule has 5 nitrogen and oxygen atoms in total. The van der Waals surface area contributed by atoms with Crippen molar-refractivity contribution in [1.82, 2.24) is 14.7 Å². The molecule has 0 N–H and O–H groups in total. The molecule has 0 radical (unpaired) electrons. The van der Waals surface area contributed by atoms with Crippen molar-refractivity contribution < 1.29 is 9.53 Å². The molecule has 1 atom stereocenters. The second-order valence-electron chi connectivity index (χ2n) is 6.58. The lowest BCUT2D eigenvalue weighted by Crippen LogP contribution is -2.45. The van der Waals surface area contributed by atoms with Crippen molar-refractivity contribution >= 4 is 5.91 Å². The largest absolute Gasteiger partial charge is 0.489 e. The molecule has 2 aliphatic heterocycles. The number of amides is 1. The first-order chi connectivity index (χ1) is 11.2. The molecule has 1 unspecified atom stereocenters. The summed E-state index contributed by atoms with van der Waals surface area (Å²) in [7, 11) is 2.15. The van der Waals surface area contributed by atoms with Gasteiger partial charge < -0.3 is 19.4 Å². The lowest BCUT2D eigenvalue weighted by molar-refractivity contribution is -0.130. The van der Waals surface area contributed by atoms with Crippen LogP contribution in [0.25, 0.3) is 0 Å². The van der Waals surface area contributed by atoms with Crippen molar-refractivity contribution in [3.63, 3.8) is 0 Å². The van der Waals surface area contributed by atoms with Crippen LogP contribution in [0, 0.1) is 0 Å². The Morgan fingerprint density at radius 1 is 1.13 bits per heavy atom. The molecule has 2 saturated heterocycles. The van der Waals surface area contributed by atoms with Crippen molar-refractivity contribution in [2.75, 3.05) is 52.9 Å². The second kappa shape index (κ2) is 7.79. The Labute approximate surface area is 138 Å². The number of likely N-dealkylation sites (N-methyl/N-ethyl adjacent to an activating group) is 1. The number of benzene rings is 1. The summed E-state index contributed by atoms with van der Waals surface area (Å²) in [5, 5.41) is 0. The topological polar surface area (TPSA) is 36.0 Å². The van der Waals surface area contributed by atoms with Gasteiger partial charge in [0, 0.05) is 52.1 Å². The van der Waals surface area contributed by atoms with Gasteiger partial charge in [0.15, 0.2) is 0 Å². The smallest absolute Gasteiger partial charge is 0.223 e. The Bertz CT molecular complexity index is 500. The maximum Gasteiger partial charge on any atom is 0.223 e. The molecule has 3 rings (SSSR count). The summed E-state index contributed by atoms with van der Waals surface area (Å²) in [4.78, 5) is 19.1. The SMILES string of the molecule is CN1CCN(CCC(=O)N2CCC(Oc3ccccc3)C2)CC1. The fourth-order valence-corrected chi connectivity index (χ4v) is 3.23. The minimum absolute atomic E-state index is 0.130. The number of ether oxygens (including phenoxy) is 1. The van der Waals surface area contributed by atoms with Gasteiger partial charge in [-0.05, 0) is 19.2 Å². The molecular weight excluding hydrogens is 290 g/mol. The van der Waals surface area contributed by atoms with Crippen LogP contribution in [0.2, 0.25) is 0 Å². The lowest BCUT2D eigenvalue weighted by atomic mass is 10.3. The Morgan fingerprint density at radius 2 is 1.87 bits per heavy atom. The summed E-state index contributed by atoms with van der Waals surface area (Å²) in [6, 6.07) is 9.87. The monoisotopic (exact) mass is 317 g/mol. The van der Waals surface area contributed by atoms with E-state index in [2.05, 4.69) is 16.8 Å². The van der Waals surface area contributed by atoms with Gasteiger partial charge in [0.25, 0.3) is 0 Å². The van der Waals surface area contributed by atoms with E-state index in [1.54, 1.807) is 0 Å². The van der Waals surface area contributed by atoms with Crippen molar-refractivity contribution in [3.8, 4) is 5.75 Å². The third-order valence-electron chi connectivity index (χ3n) is 4.78. The van der Waals surface area contributed by atoms with Crippen LogP contribution in [0.1, 0.15) is 12.8 Å². The van der Waals surface area contributed by atoms with Crippen LogP contribution in [0.4, 0.5) is 0 Å². The van der Waals surface area contributed by atoms with Gasteiger partial charge in [0.2, 0.25) is 5.91 Å². The molecule has 0 bridgehead atoms. The highest BCUT2D eigenvalue weighted by molar-refractivity contribution is 5.76. The molecule has 5 heteroatoms. The predicted molar refractivity (Wildman–Crippen MR) is 90.6 cm³/mol. The fourth-order valence-electron chi connectivity index (χ4n) is 3.23. The Morgan fingerprint density at radius 3 is 2.61 bits per heavy atom. The minimum Gasteiger partial charge on any atom is -0.489 e. The minimum atomic E-state index is 0.130. The van der Waals surface area contributed by atoms with E-state index in [1.165, 1.54) is 0 Å². The first kappa shape index (κ1) is 16.3. The van der Waals surface area contributed by atoms with Gasteiger partial charge in [-0.3, -0.25) is 4.79 Å². The van der Waals surface area contributed by atoms with Crippen LogP contribution < -0.4 is 4.74 Å². The van der Waals surface area contributed by atoms with Crippen LogP contribution in [-0.2, 0) is 4.79 Å². The third-order valence-corrected chi connectivity index (χ3v) is 4.78. The summed E-state index contributed by atoms with van der Waals surface area (Å²) in [5.41, 5.74) is 0. The summed E-state index contributed by atoms with van der Waals surface area (Å²) >= 11 is 0. The number of nitrogens with zero attached hydrogens (tertiary/aromatic N) is 3. The second-order valence-corrected chi connectivity index (χ2v) is 6.58. The first-order valence-electron chi connectivity index (χ1n) is 8.61. The number of carbonyl (C=O) groups is 1. The molecule has 23 heavy (non-hydrogen) atoms. The number of likely N-dealkylation sites (tertiary alicyclic amines) is 1. The van der Waals surface area contributed by atoms with Crippen LogP contribution >= 0.6 is 0 Å². The van der Waals surface area contributed by atoms with Crippen LogP contribution in [-0.4, -0.2) is 79.6 Å². The standard InChI is InChI=1S/C18H27N3O2/c1-19-11-13-20(14-12-19)9-8-18(22)21-10-7-17(15-21)23-16-5-3-2-4-6-16/h2-6,17H,7-15H2,1H3. The fraction of sp³-hybridized carbons (Fsp3) is 0.611. The van der Waals surface area contributed by atoms with Gasteiger partial charge in [0.1, 0.15) is 11.9 Å². The molecular formula is C18H27N3O2. The third kappa shape index (κ3) is 4.69. The van der Waals surface area contributed by atoms with Crippen molar-refractivity contribution in [2.45, 2.75) is 18.9 Å². The van der Waals surface area contributed by atoms with Crippen molar-refractivity contribution in [1.29, 1.82) is 0 Å². The van der Waals surface area contributed by atoms with E-state index in [-0.39, 0.29) is 12.0 Å². The van der Waals surface area contributed by atoms with Gasteiger partial charge in [0.05, 0.1) is 6.54 Å². The van der Waals surface area contributed by atoms with E-state index in [0.717, 1.165) is 58.0 Å².